The molecule has 78 valence electrons. The van der Waals surface area contributed by atoms with Gasteiger partial charge in [-0.15, -0.1) is 0 Å². The summed E-state index contributed by atoms with van der Waals surface area (Å²) in [7, 11) is 0. The van der Waals surface area contributed by atoms with Crippen LogP contribution in [0.3, 0.4) is 0 Å². The van der Waals surface area contributed by atoms with Crippen LogP contribution in [0.1, 0.15) is 18.0 Å². The molecule has 0 unspecified atom stereocenters. The van der Waals surface area contributed by atoms with E-state index in [4.69, 9.17) is 22.6 Å². The van der Waals surface area contributed by atoms with Gasteiger partial charge in [0.25, 0.3) is 5.69 Å². The molecular formula is C9H8ClN3O2. The van der Waals surface area contributed by atoms with Crippen molar-refractivity contribution in [1.82, 2.24) is 0 Å². The average Bonchev–Trinajstić information content (AvgIpc) is 2.18. The van der Waals surface area contributed by atoms with Crippen LogP contribution in [0.25, 0.3) is 0 Å². The number of nitro groups is 1. The molecule has 0 amide bonds. The van der Waals surface area contributed by atoms with E-state index in [0.717, 1.165) is 0 Å². The highest BCUT2D eigenvalue weighted by Crippen LogP contribution is 2.27. The first-order valence-electron chi connectivity index (χ1n) is 4.12. The fourth-order valence-electron chi connectivity index (χ4n) is 1.12. The minimum atomic E-state index is -0.578. The predicted octanol–water partition coefficient (Wildman–Crippen LogP) is 2.16. The molecule has 1 aromatic rings. The van der Waals surface area contributed by atoms with Gasteiger partial charge in [0, 0.05) is 12.1 Å². The molecule has 5 nitrogen and oxygen atoms in total. The molecule has 1 rings (SSSR count). The van der Waals surface area contributed by atoms with Gasteiger partial charge in [-0.2, -0.15) is 5.26 Å². The van der Waals surface area contributed by atoms with Gasteiger partial charge in [0.15, 0.2) is 0 Å². The normalized spacial score (nSPS) is 11.8. The number of nitriles is 1. The molecule has 0 aromatic heterocycles. The fourth-order valence-corrected chi connectivity index (χ4v) is 1.30. The lowest BCUT2D eigenvalue weighted by Gasteiger charge is -2.07. The van der Waals surface area contributed by atoms with Crippen molar-refractivity contribution in [2.75, 3.05) is 0 Å². The second kappa shape index (κ2) is 4.73. The number of halogens is 1. The first-order valence-corrected chi connectivity index (χ1v) is 4.50. The Hall–Kier alpha value is -1.64. The zero-order valence-electron chi connectivity index (χ0n) is 7.68. The van der Waals surface area contributed by atoms with E-state index >= 15 is 0 Å². The van der Waals surface area contributed by atoms with E-state index in [0.29, 0.717) is 5.56 Å². The van der Waals surface area contributed by atoms with E-state index in [1.807, 2.05) is 6.07 Å². The first kappa shape index (κ1) is 11.4. The Morgan fingerprint density at radius 3 is 2.87 bits per heavy atom. The molecule has 2 N–H and O–H groups in total. The van der Waals surface area contributed by atoms with Gasteiger partial charge in [-0.05, 0) is 11.6 Å². The highest BCUT2D eigenvalue weighted by molar-refractivity contribution is 6.32. The van der Waals surface area contributed by atoms with Crippen LogP contribution in [0, 0.1) is 21.4 Å². The minimum Gasteiger partial charge on any atom is -0.323 e. The summed E-state index contributed by atoms with van der Waals surface area (Å²) in [5, 5.41) is 19.1. The first-order chi connectivity index (χ1) is 7.06. The lowest BCUT2D eigenvalue weighted by atomic mass is 10.0. The smallest absolute Gasteiger partial charge is 0.288 e. The van der Waals surface area contributed by atoms with E-state index in [-0.39, 0.29) is 17.1 Å². The third kappa shape index (κ3) is 2.65. The number of nitrogens with zero attached hydrogens (tertiary/aromatic N) is 2. The van der Waals surface area contributed by atoms with Gasteiger partial charge >= 0.3 is 0 Å². The summed E-state index contributed by atoms with van der Waals surface area (Å²) in [6.07, 6.45) is 0.110. The van der Waals surface area contributed by atoms with Gasteiger partial charge < -0.3 is 5.73 Å². The summed E-state index contributed by atoms with van der Waals surface area (Å²) in [6.45, 7) is 0. The summed E-state index contributed by atoms with van der Waals surface area (Å²) in [6, 6.07) is 5.66. The van der Waals surface area contributed by atoms with Crippen LogP contribution in [0.4, 0.5) is 5.69 Å². The van der Waals surface area contributed by atoms with Gasteiger partial charge in [0.1, 0.15) is 5.02 Å². The molecule has 1 aromatic carbocycles. The van der Waals surface area contributed by atoms with E-state index in [2.05, 4.69) is 0 Å². The van der Waals surface area contributed by atoms with E-state index in [1.165, 1.54) is 12.1 Å². The number of rotatable bonds is 3. The molecule has 1 atom stereocenters. The number of nitrogens with two attached hydrogens (primary N) is 1. The summed E-state index contributed by atoms with van der Waals surface area (Å²) < 4.78 is 0. The maximum atomic E-state index is 10.6. The Bertz CT molecular complexity index is 428. The lowest BCUT2D eigenvalue weighted by molar-refractivity contribution is -0.384. The average molecular weight is 226 g/mol. The minimum absolute atomic E-state index is 0.0629. The quantitative estimate of drug-likeness (QED) is 0.630. The second-order valence-electron chi connectivity index (χ2n) is 2.94. The molecule has 0 saturated heterocycles. The monoisotopic (exact) mass is 225 g/mol. The fraction of sp³-hybridized carbons (Fsp3) is 0.222. The molecule has 0 spiro atoms. The Balaban J connectivity index is 3.08. The Morgan fingerprint density at radius 2 is 2.33 bits per heavy atom. The van der Waals surface area contributed by atoms with Crippen LogP contribution >= 0.6 is 11.6 Å². The van der Waals surface area contributed by atoms with Crippen molar-refractivity contribution in [3.8, 4) is 6.07 Å². The zero-order chi connectivity index (χ0) is 11.4. The standard InChI is InChI=1S/C9H8ClN3O2/c10-7-2-1-6(8(12)3-4-11)5-9(7)13(14)15/h1-2,5,8H,3,12H2/t8-/m1/s1. The topological polar surface area (TPSA) is 93.0 Å². The molecule has 0 saturated carbocycles. The van der Waals surface area contributed by atoms with Crippen molar-refractivity contribution in [2.45, 2.75) is 12.5 Å². The Morgan fingerprint density at radius 1 is 1.67 bits per heavy atom. The zero-order valence-corrected chi connectivity index (χ0v) is 8.44. The van der Waals surface area contributed by atoms with Gasteiger partial charge in [0.2, 0.25) is 0 Å². The Kier molecular flexibility index (Phi) is 3.61. The molecule has 0 aliphatic heterocycles. The second-order valence-corrected chi connectivity index (χ2v) is 3.34. The summed E-state index contributed by atoms with van der Waals surface area (Å²) in [5.74, 6) is 0. The van der Waals surface area contributed by atoms with Crippen molar-refractivity contribution in [3.05, 3.63) is 38.9 Å². The predicted molar refractivity (Wildman–Crippen MR) is 55.3 cm³/mol. The van der Waals surface area contributed by atoms with Crippen LogP contribution in [0.2, 0.25) is 5.02 Å². The van der Waals surface area contributed by atoms with Gasteiger partial charge in [-0.1, -0.05) is 17.7 Å². The van der Waals surface area contributed by atoms with Crippen LogP contribution in [-0.2, 0) is 0 Å². The molecule has 0 aliphatic carbocycles. The largest absolute Gasteiger partial charge is 0.323 e. The molecule has 0 bridgehead atoms. The Labute approximate surface area is 91.2 Å². The van der Waals surface area contributed by atoms with Crippen molar-refractivity contribution < 1.29 is 4.92 Å². The van der Waals surface area contributed by atoms with Gasteiger partial charge in [-0.25, -0.2) is 0 Å². The summed E-state index contributed by atoms with van der Waals surface area (Å²) in [5.41, 5.74) is 5.98. The van der Waals surface area contributed by atoms with Crippen LogP contribution < -0.4 is 5.73 Å². The molecule has 6 heteroatoms. The summed E-state index contributed by atoms with van der Waals surface area (Å²) in [4.78, 5) is 9.99. The van der Waals surface area contributed by atoms with Crippen molar-refractivity contribution in [3.63, 3.8) is 0 Å². The third-order valence-electron chi connectivity index (χ3n) is 1.91. The van der Waals surface area contributed by atoms with Crippen molar-refractivity contribution in [1.29, 1.82) is 5.26 Å². The molecular weight excluding hydrogens is 218 g/mol. The number of hydrogen-bond acceptors (Lipinski definition) is 4. The van der Waals surface area contributed by atoms with Crippen LogP contribution in [0.5, 0.6) is 0 Å². The van der Waals surface area contributed by atoms with E-state index < -0.39 is 11.0 Å². The molecule has 0 radical (unpaired) electrons. The highest BCUT2D eigenvalue weighted by Gasteiger charge is 2.15. The highest BCUT2D eigenvalue weighted by atomic mass is 35.5. The number of benzene rings is 1. The van der Waals surface area contributed by atoms with E-state index in [1.54, 1.807) is 6.07 Å². The third-order valence-corrected chi connectivity index (χ3v) is 2.23. The van der Waals surface area contributed by atoms with Gasteiger partial charge in [0.05, 0.1) is 17.4 Å². The number of hydrogen-bond donors (Lipinski definition) is 1. The molecule has 15 heavy (non-hydrogen) atoms. The molecule has 0 heterocycles. The SMILES string of the molecule is N#CC[C@@H](N)c1ccc(Cl)c([N+](=O)[O-])c1. The maximum absolute atomic E-state index is 10.6. The lowest BCUT2D eigenvalue weighted by Crippen LogP contribution is -2.09. The van der Waals surface area contributed by atoms with E-state index in [9.17, 15) is 10.1 Å². The van der Waals surface area contributed by atoms with Gasteiger partial charge in [-0.3, -0.25) is 10.1 Å². The maximum Gasteiger partial charge on any atom is 0.288 e. The van der Waals surface area contributed by atoms with Crippen molar-refractivity contribution >= 4 is 17.3 Å². The number of nitro benzene ring substituents is 1. The van der Waals surface area contributed by atoms with Crippen molar-refractivity contribution in [2.24, 2.45) is 5.73 Å². The molecule has 0 fully saturated rings. The van der Waals surface area contributed by atoms with Crippen LogP contribution in [-0.4, -0.2) is 4.92 Å². The summed E-state index contributed by atoms with van der Waals surface area (Å²) >= 11 is 5.63. The van der Waals surface area contributed by atoms with Crippen LogP contribution in [0.15, 0.2) is 18.2 Å². The molecule has 0 aliphatic rings.